The highest BCUT2D eigenvalue weighted by Gasteiger charge is 2.39. The first-order valence-electron chi connectivity index (χ1n) is 5.28. The molecule has 0 N–H and O–H groups in total. The van der Waals surface area contributed by atoms with Crippen molar-refractivity contribution in [2.45, 2.75) is 44.4 Å². The van der Waals surface area contributed by atoms with E-state index in [-0.39, 0.29) is 7.92 Å². The summed E-state index contributed by atoms with van der Waals surface area (Å²) in [6.07, 6.45) is 10.7. The molecule has 1 saturated heterocycles. The molecule has 70 valence electrons. The largest absolute Gasteiger partial charge is 0.112 e. The minimum Gasteiger partial charge on any atom is -0.112 e. The Balaban J connectivity index is 2.10. The van der Waals surface area contributed by atoms with Gasteiger partial charge in [-0.3, -0.25) is 0 Å². The summed E-state index contributed by atoms with van der Waals surface area (Å²) in [6, 6.07) is 0. The zero-order valence-corrected chi connectivity index (χ0v) is 9.35. The van der Waals surface area contributed by atoms with Gasteiger partial charge in [0.05, 0.1) is 0 Å². The van der Waals surface area contributed by atoms with Crippen LogP contribution < -0.4 is 0 Å². The minimum atomic E-state index is 0.162. The molecule has 0 unspecified atom stereocenters. The lowest BCUT2D eigenvalue weighted by atomic mass is 10.1. The van der Waals surface area contributed by atoms with Gasteiger partial charge in [0.15, 0.2) is 0 Å². The molecule has 1 aliphatic carbocycles. The number of hydrogen-bond donors (Lipinski definition) is 0. The minimum absolute atomic E-state index is 0.162. The van der Waals surface area contributed by atoms with Gasteiger partial charge in [0.2, 0.25) is 0 Å². The van der Waals surface area contributed by atoms with E-state index in [1.54, 1.807) is 0 Å². The Morgan fingerprint density at radius 2 is 2.08 bits per heavy atom. The molecule has 0 aromatic rings. The summed E-state index contributed by atoms with van der Waals surface area (Å²) in [5.74, 6) is 0. The second kappa shape index (κ2) is 3.82. The van der Waals surface area contributed by atoms with E-state index >= 15 is 0 Å². The van der Waals surface area contributed by atoms with Gasteiger partial charge in [-0.25, -0.2) is 0 Å². The van der Waals surface area contributed by atoms with Gasteiger partial charge in [0, 0.05) is 5.31 Å². The molecular weight excluding hydrogens is 175 g/mol. The third kappa shape index (κ3) is 1.54. The third-order valence-electron chi connectivity index (χ3n) is 3.13. The van der Waals surface area contributed by atoms with Crippen LogP contribution in [0.2, 0.25) is 0 Å². The first kappa shape index (κ1) is 9.25. The van der Waals surface area contributed by atoms with Gasteiger partial charge in [-0.15, -0.1) is 5.73 Å². The van der Waals surface area contributed by atoms with E-state index in [2.05, 4.69) is 37.8 Å². The average molecular weight is 192 g/mol. The Morgan fingerprint density at radius 1 is 1.38 bits per heavy atom. The Labute approximate surface area is 82.2 Å². The summed E-state index contributed by atoms with van der Waals surface area (Å²) in [7, 11) is 0.162. The van der Waals surface area contributed by atoms with Crippen LogP contribution >= 0.6 is 7.92 Å². The van der Waals surface area contributed by atoms with Crippen molar-refractivity contribution in [2.24, 2.45) is 0 Å². The fourth-order valence-electron chi connectivity index (χ4n) is 2.30. The molecule has 0 bridgehead atoms. The summed E-state index contributed by atoms with van der Waals surface area (Å²) in [6.45, 7) is 4.66. The highest BCUT2D eigenvalue weighted by molar-refractivity contribution is 7.65. The predicted molar refractivity (Wildman–Crippen MR) is 60.4 cm³/mol. The van der Waals surface area contributed by atoms with Crippen LogP contribution in [0.3, 0.4) is 0 Å². The maximum Gasteiger partial charge on any atom is 0.0180 e. The molecular formula is C12H17P. The second-order valence-corrected chi connectivity index (χ2v) is 6.58. The van der Waals surface area contributed by atoms with E-state index in [9.17, 15) is 0 Å². The van der Waals surface area contributed by atoms with Crippen molar-refractivity contribution in [3.63, 3.8) is 0 Å². The summed E-state index contributed by atoms with van der Waals surface area (Å²) < 4.78 is 0. The Hall–Kier alpha value is -0.310. The van der Waals surface area contributed by atoms with E-state index in [1.165, 1.54) is 24.6 Å². The molecule has 1 fully saturated rings. The van der Waals surface area contributed by atoms with E-state index in [1.807, 2.05) is 0 Å². The Bertz CT molecular complexity index is 271. The summed E-state index contributed by atoms with van der Waals surface area (Å²) in [5, 5.41) is 1.53. The highest BCUT2D eigenvalue weighted by atomic mass is 31.1. The van der Waals surface area contributed by atoms with Crippen molar-refractivity contribution in [3.05, 3.63) is 29.3 Å². The molecule has 1 heterocycles. The van der Waals surface area contributed by atoms with Gasteiger partial charge in [-0.2, -0.15) is 0 Å². The van der Waals surface area contributed by atoms with Crippen molar-refractivity contribution in [1.82, 2.24) is 0 Å². The van der Waals surface area contributed by atoms with Crippen molar-refractivity contribution in [1.29, 1.82) is 0 Å². The normalized spacial score (nSPS) is 32.0. The fourth-order valence-corrected chi connectivity index (χ4v) is 5.53. The molecule has 0 amide bonds. The van der Waals surface area contributed by atoms with Gasteiger partial charge < -0.3 is 0 Å². The van der Waals surface area contributed by atoms with E-state index in [0.717, 1.165) is 11.3 Å². The van der Waals surface area contributed by atoms with Crippen molar-refractivity contribution >= 4 is 7.92 Å². The van der Waals surface area contributed by atoms with Crippen LogP contribution in [-0.4, -0.2) is 11.3 Å². The Kier molecular flexibility index (Phi) is 2.72. The van der Waals surface area contributed by atoms with Crippen molar-refractivity contribution in [3.8, 4) is 0 Å². The molecule has 0 aromatic heterocycles. The third-order valence-corrected chi connectivity index (χ3v) is 6.69. The molecule has 0 saturated carbocycles. The first-order valence-corrected chi connectivity index (χ1v) is 6.76. The molecule has 0 spiro atoms. The van der Waals surface area contributed by atoms with Crippen molar-refractivity contribution in [2.75, 3.05) is 0 Å². The lowest BCUT2D eigenvalue weighted by molar-refractivity contribution is 0.608. The van der Waals surface area contributed by atoms with Crippen LogP contribution in [-0.2, 0) is 0 Å². The number of hydrogen-bond acceptors (Lipinski definition) is 0. The summed E-state index contributed by atoms with van der Waals surface area (Å²) >= 11 is 0. The lowest BCUT2D eigenvalue weighted by Gasteiger charge is -2.45. The molecule has 2 atom stereocenters. The SMILES string of the molecule is CC[C@@H]1C[C@@H](CC)P1C1=C=CC=C1. The van der Waals surface area contributed by atoms with Crippen LogP contribution in [0.1, 0.15) is 33.1 Å². The molecule has 2 aliphatic rings. The van der Waals surface area contributed by atoms with Crippen LogP contribution in [0.4, 0.5) is 0 Å². The second-order valence-electron chi connectivity index (χ2n) is 3.82. The monoisotopic (exact) mass is 192 g/mol. The zero-order chi connectivity index (χ0) is 9.26. The molecule has 13 heavy (non-hydrogen) atoms. The van der Waals surface area contributed by atoms with Crippen LogP contribution in [0, 0.1) is 0 Å². The van der Waals surface area contributed by atoms with Gasteiger partial charge in [0.1, 0.15) is 0 Å². The van der Waals surface area contributed by atoms with Gasteiger partial charge in [0.25, 0.3) is 0 Å². The van der Waals surface area contributed by atoms with Crippen molar-refractivity contribution < 1.29 is 0 Å². The molecule has 0 radical (unpaired) electrons. The predicted octanol–water partition coefficient (Wildman–Crippen LogP) is 4.04. The van der Waals surface area contributed by atoms with Gasteiger partial charge in [-0.1, -0.05) is 27.8 Å². The smallest absolute Gasteiger partial charge is 0.0180 e. The van der Waals surface area contributed by atoms with Crippen LogP contribution in [0.25, 0.3) is 0 Å². The summed E-state index contributed by atoms with van der Waals surface area (Å²) in [5.41, 5.74) is 5.39. The number of allylic oxidation sites excluding steroid dienone is 3. The molecule has 2 rings (SSSR count). The fraction of sp³-hybridized carbons (Fsp3) is 0.583. The van der Waals surface area contributed by atoms with Gasteiger partial charge >= 0.3 is 0 Å². The van der Waals surface area contributed by atoms with E-state index < -0.39 is 0 Å². The van der Waals surface area contributed by atoms with E-state index in [0.29, 0.717) is 0 Å². The van der Waals surface area contributed by atoms with Crippen LogP contribution in [0.5, 0.6) is 0 Å². The first-order chi connectivity index (χ1) is 6.36. The molecule has 0 aromatic carbocycles. The standard InChI is InChI=1S/C12H17P/c1-3-10-9-11(4-2)13(10)12-7-5-6-8-12/h5-7,10-11H,3-4,9H2,1-2H3/t10-,11-/m1/s1. The van der Waals surface area contributed by atoms with Gasteiger partial charge in [-0.05, 0) is 42.7 Å². The molecule has 1 heteroatoms. The summed E-state index contributed by atoms with van der Waals surface area (Å²) in [4.78, 5) is 0. The zero-order valence-electron chi connectivity index (χ0n) is 8.46. The average Bonchev–Trinajstić information content (AvgIpc) is 2.57. The highest BCUT2D eigenvalue weighted by Crippen LogP contribution is 2.67. The van der Waals surface area contributed by atoms with Crippen LogP contribution in [0.15, 0.2) is 29.3 Å². The lowest BCUT2D eigenvalue weighted by Crippen LogP contribution is -2.29. The maximum atomic E-state index is 3.40. The quantitative estimate of drug-likeness (QED) is 0.467. The molecule has 1 aliphatic heterocycles. The maximum absolute atomic E-state index is 3.40. The van der Waals surface area contributed by atoms with E-state index in [4.69, 9.17) is 0 Å². The Morgan fingerprint density at radius 3 is 2.54 bits per heavy atom. The number of rotatable bonds is 3. The molecule has 0 nitrogen and oxygen atoms in total. The topological polar surface area (TPSA) is 0 Å².